The van der Waals surface area contributed by atoms with Gasteiger partial charge in [0.2, 0.25) is 0 Å². The highest BCUT2D eigenvalue weighted by atomic mass is 16.3. The van der Waals surface area contributed by atoms with E-state index in [4.69, 9.17) is 0 Å². The van der Waals surface area contributed by atoms with E-state index >= 15 is 0 Å². The molecule has 1 fully saturated rings. The van der Waals surface area contributed by atoms with E-state index in [-0.39, 0.29) is 11.3 Å². The van der Waals surface area contributed by atoms with Crippen molar-refractivity contribution < 1.29 is 9.90 Å². The molecular formula is C24H30N2O2. The SMILES string of the molecule is CC1(C)CN(C(=O)c2ccc(CN3CCc4ccccc4C3)cc2)C[C@]1(C)O. The first-order valence-corrected chi connectivity index (χ1v) is 10.1. The molecule has 0 radical (unpaired) electrons. The summed E-state index contributed by atoms with van der Waals surface area (Å²) in [5.41, 5.74) is 3.65. The van der Waals surface area contributed by atoms with Crippen molar-refractivity contribution in [3.05, 3.63) is 70.8 Å². The number of hydrogen-bond acceptors (Lipinski definition) is 3. The zero-order valence-corrected chi connectivity index (χ0v) is 17.1. The quantitative estimate of drug-likeness (QED) is 0.889. The summed E-state index contributed by atoms with van der Waals surface area (Å²) in [6, 6.07) is 16.6. The lowest BCUT2D eigenvalue weighted by atomic mass is 9.79. The number of aliphatic hydroxyl groups is 1. The zero-order chi connectivity index (χ0) is 19.9. The van der Waals surface area contributed by atoms with Gasteiger partial charge in [0.1, 0.15) is 0 Å². The second kappa shape index (κ2) is 7.02. The lowest BCUT2D eigenvalue weighted by molar-refractivity contribution is -0.0108. The molecule has 1 saturated heterocycles. The van der Waals surface area contributed by atoms with E-state index < -0.39 is 5.60 Å². The van der Waals surface area contributed by atoms with Crippen molar-refractivity contribution >= 4 is 5.91 Å². The summed E-state index contributed by atoms with van der Waals surface area (Å²) < 4.78 is 0. The van der Waals surface area contributed by atoms with Crippen LogP contribution >= 0.6 is 0 Å². The number of rotatable bonds is 3. The van der Waals surface area contributed by atoms with E-state index in [9.17, 15) is 9.90 Å². The van der Waals surface area contributed by atoms with Gasteiger partial charge in [-0.15, -0.1) is 0 Å². The zero-order valence-electron chi connectivity index (χ0n) is 17.1. The van der Waals surface area contributed by atoms with Crippen LogP contribution in [0.15, 0.2) is 48.5 Å². The number of carbonyl (C=O) groups is 1. The molecule has 0 spiro atoms. The largest absolute Gasteiger partial charge is 0.388 e. The minimum atomic E-state index is -0.854. The molecule has 0 aliphatic carbocycles. The maximum absolute atomic E-state index is 12.9. The molecule has 28 heavy (non-hydrogen) atoms. The predicted molar refractivity (Wildman–Crippen MR) is 111 cm³/mol. The molecule has 0 bridgehead atoms. The normalized spacial score (nSPS) is 24.2. The topological polar surface area (TPSA) is 43.8 Å². The first-order valence-electron chi connectivity index (χ1n) is 10.1. The monoisotopic (exact) mass is 378 g/mol. The van der Waals surface area contributed by atoms with Crippen LogP contribution in [0.1, 0.15) is 47.8 Å². The van der Waals surface area contributed by atoms with Crippen molar-refractivity contribution in [1.82, 2.24) is 9.80 Å². The van der Waals surface area contributed by atoms with Crippen LogP contribution in [0.5, 0.6) is 0 Å². The van der Waals surface area contributed by atoms with Gasteiger partial charge in [0.25, 0.3) is 5.91 Å². The van der Waals surface area contributed by atoms with Gasteiger partial charge in [0, 0.05) is 37.2 Å². The predicted octanol–water partition coefficient (Wildman–Crippen LogP) is 3.48. The molecule has 2 aromatic rings. The first-order chi connectivity index (χ1) is 13.2. The van der Waals surface area contributed by atoms with Crippen LogP contribution in [-0.2, 0) is 19.5 Å². The molecule has 1 amide bonds. The molecule has 1 N–H and O–H groups in total. The molecular weight excluding hydrogens is 348 g/mol. The van der Waals surface area contributed by atoms with Crippen LogP contribution in [0, 0.1) is 5.41 Å². The summed E-state index contributed by atoms with van der Waals surface area (Å²) in [7, 11) is 0. The number of benzene rings is 2. The fourth-order valence-electron chi connectivity index (χ4n) is 4.32. The van der Waals surface area contributed by atoms with E-state index in [1.165, 1.54) is 16.7 Å². The summed E-state index contributed by atoms with van der Waals surface area (Å²) in [5.74, 6) is 0.00398. The number of carbonyl (C=O) groups excluding carboxylic acids is 1. The summed E-state index contributed by atoms with van der Waals surface area (Å²) >= 11 is 0. The van der Waals surface area contributed by atoms with Gasteiger partial charge < -0.3 is 10.0 Å². The summed E-state index contributed by atoms with van der Waals surface area (Å²) in [6.45, 7) is 9.75. The van der Waals surface area contributed by atoms with Crippen molar-refractivity contribution in [3.8, 4) is 0 Å². The maximum atomic E-state index is 12.9. The van der Waals surface area contributed by atoms with Crippen molar-refractivity contribution in [2.45, 2.75) is 45.9 Å². The molecule has 0 saturated carbocycles. The Hall–Kier alpha value is -2.17. The average Bonchev–Trinajstić information content (AvgIpc) is 2.89. The van der Waals surface area contributed by atoms with Crippen LogP contribution < -0.4 is 0 Å². The van der Waals surface area contributed by atoms with E-state index in [0.29, 0.717) is 18.7 Å². The highest BCUT2D eigenvalue weighted by Gasteiger charge is 2.49. The second-order valence-electron chi connectivity index (χ2n) is 9.25. The third kappa shape index (κ3) is 3.59. The number of amides is 1. The third-order valence-corrected chi connectivity index (χ3v) is 6.65. The smallest absolute Gasteiger partial charge is 0.253 e. The molecule has 4 nitrogen and oxygen atoms in total. The van der Waals surface area contributed by atoms with E-state index in [2.05, 4.69) is 41.3 Å². The Morgan fingerprint density at radius 2 is 1.68 bits per heavy atom. The Kier molecular flexibility index (Phi) is 4.80. The molecule has 1 atom stereocenters. The number of fused-ring (bicyclic) bond motifs is 1. The molecule has 2 aliphatic heterocycles. The van der Waals surface area contributed by atoms with E-state index in [1.807, 2.05) is 32.9 Å². The van der Waals surface area contributed by atoms with Gasteiger partial charge >= 0.3 is 0 Å². The van der Waals surface area contributed by atoms with Crippen LogP contribution in [0.2, 0.25) is 0 Å². The fourth-order valence-corrected chi connectivity index (χ4v) is 4.32. The van der Waals surface area contributed by atoms with Gasteiger partial charge in [-0.1, -0.05) is 50.2 Å². The number of likely N-dealkylation sites (tertiary alicyclic amines) is 1. The number of β-amino-alcohol motifs (C(OH)–C–C–N with tert-alkyl or cyclic N) is 1. The minimum Gasteiger partial charge on any atom is -0.388 e. The highest BCUT2D eigenvalue weighted by Crippen LogP contribution is 2.38. The van der Waals surface area contributed by atoms with E-state index in [1.54, 1.807) is 4.90 Å². The Bertz CT molecular complexity index is 854. The molecule has 2 aromatic carbocycles. The lowest BCUT2D eigenvalue weighted by Crippen LogP contribution is -2.40. The number of nitrogens with zero attached hydrogens (tertiary/aromatic N) is 2. The maximum Gasteiger partial charge on any atom is 0.253 e. The molecule has 2 heterocycles. The second-order valence-corrected chi connectivity index (χ2v) is 9.25. The van der Waals surface area contributed by atoms with Crippen LogP contribution in [-0.4, -0.2) is 46.0 Å². The van der Waals surface area contributed by atoms with Crippen LogP contribution in [0.3, 0.4) is 0 Å². The molecule has 4 heteroatoms. The van der Waals surface area contributed by atoms with Crippen molar-refractivity contribution in [1.29, 1.82) is 0 Å². The van der Waals surface area contributed by atoms with E-state index in [0.717, 1.165) is 26.1 Å². The van der Waals surface area contributed by atoms with Gasteiger partial charge in [-0.2, -0.15) is 0 Å². The highest BCUT2D eigenvalue weighted by molar-refractivity contribution is 5.94. The molecule has 148 valence electrons. The van der Waals surface area contributed by atoms with Gasteiger partial charge in [0.05, 0.1) is 12.1 Å². The van der Waals surface area contributed by atoms with Crippen molar-refractivity contribution in [2.24, 2.45) is 5.41 Å². The third-order valence-electron chi connectivity index (χ3n) is 6.65. The van der Waals surface area contributed by atoms with Gasteiger partial charge in [-0.25, -0.2) is 0 Å². The van der Waals surface area contributed by atoms with Crippen molar-refractivity contribution in [2.75, 3.05) is 19.6 Å². The van der Waals surface area contributed by atoms with Gasteiger partial charge in [-0.3, -0.25) is 9.69 Å². The average molecular weight is 379 g/mol. The Morgan fingerprint density at radius 3 is 2.32 bits per heavy atom. The summed E-state index contributed by atoms with van der Waals surface area (Å²) in [6.07, 6.45) is 1.09. The minimum absolute atomic E-state index is 0.00398. The molecule has 2 aliphatic rings. The van der Waals surface area contributed by atoms with Crippen LogP contribution in [0.25, 0.3) is 0 Å². The Morgan fingerprint density at radius 1 is 1.00 bits per heavy atom. The van der Waals surface area contributed by atoms with Crippen molar-refractivity contribution in [3.63, 3.8) is 0 Å². The Balaban J connectivity index is 1.40. The fraction of sp³-hybridized carbons (Fsp3) is 0.458. The molecule has 0 unspecified atom stereocenters. The number of hydrogen-bond donors (Lipinski definition) is 1. The first kappa shape index (κ1) is 19.2. The summed E-state index contributed by atoms with van der Waals surface area (Å²) in [5, 5.41) is 10.6. The Labute approximate surface area is 167 Å². The molecule has 0 aromatic heterocycles. The standard InChI is InChI=1S/C24H30N2O2/c1-23(2)16-26(17-24(23,3)28)22(27)20-10-8-18(9-11-20)14-25-13-12-19-6-4-5-7-21(19)15-25/h4-11,28H,12-17H2,1-3H3/t24-/m0/s1. The lowest BCUT2D eigenvalue weighted by Gasteiger charge is -2.30. The van der Waals surface area contributed by atoms with Gasteiger partial charge in [-0.05, 0) is 42.2 Å². The summed E-state index contributed by atoms with van der Waals surface area (Å²) in [4.78, 5) is 17.1. The molecule has 4 rings (SSSR count). The van der Waals surface area contributed by atoms with Gasteiger partial charge in [0.15, 0.2) is 0 Å². The van der Waals surface area contributed by atoms with Crippen LogP contribution in [0.4, 0.5) is 0 Å².